The molecule has 1 saturated heterocycles. The molecule has 1 aromatic carbocycles. The van der Waals surface area contributed by atoms with Gasteiger partial charge in [0.1, 0.15) is 18.2 Å². The van der Waals surface area contributed by atoms with Gasteiger partial charge in [0.15, 0.2) is 0 Å². The molecule has 1 heterocycles. The van der Waals surface area contributed by atoms with Crippen molar-refractivity contribution >= 4 is 0 Å². The molecule has 0 spiro atoms. The Morgan fingerprint density at radius 1 is 1.26 bits per heavy atom. The number of hydrogen-bond acceptors (Lipinski definition) is 3. The fourth-order valence-corrected chi connectivity index (χ4v) is 2.34. The highest BCUT2D eigenvalue weighted by Gasteiger charge is 2.27. The van der Waals surface area contributed by atoms with E-state index in [1.54, 1.807) is 12.1 Å². The first-order chi connectivity index (χ1) is 9.11. The van der Waals surface area contributed by atoms with E-state index in [1.807, 2.05) is 7.05 Å². The zero-order chi connectivity index (χ0) is 13.7. The lowest BCUT2D eigenvalue weighted by atomic mass is 9.90. The van der Waals surface area contributed by atoms with Crippen molar-refractivity contribution in [1.82, 2.24) is 10.2 Å². The molecule has 4 heteroatoms. The number of likely N-dealkylation sites (tertiary alicyclic amines) is 1. The SMILES string of the molecule is CNC1(C)CCN(CCOc2ccc(F)cc2)CC1. The van der Waals surface area contributed by atoms with E-state index in [1.165, 1.54) is 25.0 Å². The summed E-state index contributed by atoms with van der Waals surface area (Å²) in [4.78, 5) is 2.42. The minimum atomic E-state index is -0.227. The van der Waals surface area contributed by atoms with Gasteiger partial charge in [-0.2, -0.15) is 0 Å². The second-order valence-electron chi connectivity index (χ2n) is 5.45. The average molecular weight is 266 g/mol. The number of piperidine rings is 1. The molecule has 3 nitrogen and oxygen atoms in total. The predicted molar refractivity (Wildman–Crippen MR) is 75.0 cm³/mol. The smallest absolute Gasteiger partial charge is 0.123 e. The first-order valence-corrected chi connectivity index (χ1v) is 6.91. The fraction of sp³-hybridized carbons (Fsp3) is 0.600. The standard InChI is InChI=1S/C15H23FN2O/c1-15(17-2)7-9-18(10-8-15)11-12-19-14-5-3-13(16)4-6-14/h3-6,17H,7-12H2,1-2H3. The van der Waals surface area contributed by atoms with Crippen LogP contribution in [-0.4, -0.2) is 43.7 Å². The molecule has 1 fully saturated rings. The molecule has 1 aromatic rings. The third-order valence-electron chi connectivity index (χ3n) is 4.05. The van der Waals surface area contributed by atoms with Gasteiger partial charge in [0.2, 0.25) is 0 Å². The molecule has 0 amide bonds. The molecule has 0 aromatic heterocycles. The average Bonchev–Trinajstić information content (AvgIpc) is 2.43. The molecule has 0 saturated carbocycles. The molecule has 1 N–H and O–H groups in total. The summed E-state index contributed by atoms with van der Waals surface area (Å²) in [6, 6.07) is 6.19. The number of hydrogen-bond donors (Lipinski definition) is 1. The number of halogens is 1. The van der Waals surface area contributed by atoms with Crippen molar-refractivity contribution in [2.75, 3.05) is 33.3 Å². The number of rotatable bonds is 5. The Hall–Kier alpha value is -1.13. The van der Waals surface area contributed by atoms with Gasteiger partial charge in [-0.25, -0.2) is 4.39 Å². The monoisotopic (exact) mass is 266 g/mol. The maximum atomic E-state index is 12.7. The lowest BCUT2D eigenvalue weighted by Crippen LogP contribution is -2.50. The second kappa shape index (κ2) is 6.35. The molecule has 2 rings (SSSR count). The summed E-state index contributed by atoms with van der Waals surface area (Å²) in [6.07, 6.45) is 2.33. The lowest BCUT2D eigenvalue weighted by Gasteiger charge is -2.39. The van der Waals surface area contributed by atoms with Gasteiger partial charge in [-0.05, 0) is 51.1 Å². The summed E-state index contributed by atoms with van der Waals surface area (Å²) in [6.45, 7) is 6.06. The van der Waals surface area contributed by atoms with Crippen LogP contribution in [0, 0.1) is 5.82 Å². The number of ether oxygens (including phenoxy) is 1. The van der Waals surface area contributed by atoms with Crippen LogP contribution in [0.15, 0.2) is 24.3 Å². The molecule has 0 bridgehead atoms. The summed E-state index contributed by atoms with van der Waals surface area (Å²) in [7, 11) is 2.04. The van der Waals surface area contributed by atoms with Crippen LogP contribution in [0.5, 0.6) is 5.75 Å². The molecule has 0 radical (unpaired) electrons. The van der Waals surface area contributed by atoms with Gasteiger partial charge < -0.3 is 10.1 Å². The summed E-state index contributed by atoms with van der Waals surface area (Å²) >= 11 is 0. The molecule has 0 aliphatic carbocycles. The van der Waals surface area contributed by atoms with Crippen molar-refractivity contribution in [3.8, 4) is 5.75 Å². The highest BCUT2D eigenvalue weighted by atomic mass is 19.1. The van der Waals surface area contributed by atoms with Crippen molar-refractivity contribution in [1.29, 1.82) is 0 Å². The van der Waals surface area contributed by atoms with E-state index in [0.717, 1.165) is 25.4 Å². The van der Waals surface area contributed by atoms with Crippen LogP contribution in [0.4, 0.5) is 4.39 Å². The molecule has 19 heavy (non-hydrogen) atoms. The zero-order valence-corrected chi connectivity index (χ0v) is 11.8. The Morgan fingerprint density at radius 3 is 2.47 bits per heavy atom. The quantitative estimate of drug-likeness (QED) is 0.885. The van der Waals surface area contributed by atoms with E-state index in [4.69, 9.17) is 4.74 Å². The minimum absolute atomic E-state index is 0.227. The second-order valence-corrected chi connectivity index (χ2v) is 5.45. The predicted octanol–water partition coefficient (Wildman–Crippen LogP) is 2.28. The largest absolute Gasteiger partial charge is 0.492 e. The Morgan fingerprint density at radius 2 is 1.89 bits per heavy atom. The van der Waals surface area contributed by atoms with E-state index in [-0.39, 0.29) is 11.4 Å². The maximum Gasteiger partial charge on any atom is 0.123 e. The highest BCUT2D eigenvalue weighted by molar-refractivity contribution is 5.21. The number of nitrogens with one attached hydrogen (secondary N) is 1. The number of nitrogens with zero attached hydrogens (tertiary/aromatic N) is 1. The first-order valence-electron chi connectivity index (χ1n) is 6.91. The molecule has 106 valence electrons. The minimum Gasteiger partial charge on any atom is -0.492 e. The van der Waals surface area contributed by atoms with E-state index in [2.05, 4.69) is 17.1 Å². The Balaban J connectivity index is 1.68. The van der Waals surface area contributed by atoms with Crippen LogP contribution in [0.25, 0.3) is 0 Å². The van der Waals surface area contributed by atoms with E-state index in [0.29, 0.717) is 6.61 Å². The van der Waals surface area contributed by atoms with E-state index < -0.39 is 0 Å². The van der Waals surface area contributed by atoms with Crippen LogP contribution in [-0.2, 0) is 0 Å². The molecule has 0 atom stereocenters. The first kappa shape index (κ1) is 14.3. The van der Waals surface area contributed by atoms with Gasteiger partial charge in [0, 0.05) is 25.2 Å². The summed E-state index contributed by atoms with van der Waals surface area (Å²) in [5.74, 6) is 0.508. The molecule has 0 unspecified atom stereocenters. The van der Waals surface area contributed by atoms with Gasteiger partial charge in [0.25, 0.3) is 0 Å². The lowest BCUT2D eigenvalue weighted by molar-refractivity contribution is 0.132. The molecule has 1 aliphatic heterocycles. The molecule has 1 aliphatic rings. The highest BCUT2D eigenvalue weighted by Crippen LogP contribution is 2.20. The van der Waals surface area contributed by atoms with Gasteiger partial charge in [-0.15, -0.1) is 0 Å². The third-order valence-corrected chi connectivity index (χ3v) is 4.05. The maximum absolute atomic E-state index is 12.7. The summed E-state index contributed by atoms with van der Waals surface area (Å²) < 4.78 is 18.4. The van der Waals surface area contributed by atoms with Crippen LogP contribution in [0.2, 0.25) is 0 Å². The van der Waals surface area contributed by atoms with Gasteiger partial charge in [-0.3, -0.25) is 4.90 Å². The Bertz CT molecular complexity index is 386. The van der Waals surface area contributed by atoms with Crippen molar-refractivity contribution in [3.63, 3.8) is 0 Å². The van der Waals surface area contributed by atoms with Crippen molar-refractivity contribution < 1.29 is 9.13 Å². The van der Waals surface area contributed by atoms with E-state index in [9.17, 15) is 4.39 Å². The Labute approximate surface area is 114 Å². The van der Waals surface area contributed by atoms with Crippen molar-refractivity contribution in [2.24, 2.45) is 0 Å². The molecular formula is C15H23FN2O. The van der Waals surface area contributed by atoms with Crippen LogP contribution < -0.4 is 10.1 Å². The van der Waals surface area contributed by atoms with E-state index >= 15 is 0 Å². The van der Waals surface area contributed by atoms with Crippen molar-refractivity contribution in [3.05, 3.63) is 30.1 Å². The van der Waals surface area contributed by atoms with Gasteiger partial charge in [-0.1, -0.05) is 0 Å². The number of benzene rings is 1. The van der Waals surface area contributed by atoms with Crippen molar-refractivity contribution in [2.45, 2.75) is 25.3 Å². The zero-order valence-electron chi connectivity index (χ0n) is 11.8. The normalized spacial score (nSPS) is 19.3. The third kappa shape index (κ3) is 4.18. The van der Waals surface area contributed by atoms with Crippen LogP contribution >= 0.6 is 0 Å². The Kier molecular flexibility index (Phi) is 4.77. The van der Waals surface area contributed by atoms with Gasteiger partial charge in [0.05, 0.1) is 0 Å². The van der Waals surface area contributed by atoms with Gasteiger partial charge >= 0.3 is 0 Å². The topological polar surface area (TPSA) is 24.5 Å². The van der Waals surface area contributed by atoms with Crippen LogP contribution in [0.3, 0.4) is 0 Å². The molecular weight excluding hydrogens is 243 g/mol. The summed E-state index contributed by atoms with van der Waals surface area (Å²) in [5, 5.41) is 3.39. The van der Waals surface area contributed by atoms with Crippen LogP contribution in [0.1, 0.15) is 19.8 Å². The fourth-order valence-electron chi connectivity index (χ4n) is 2.34. The summed E-state index contributed by atoms with van der Waals surface area (Å²) in [5.41, 5.74) is 0.286.